The van der Waals surface area contributed by atoms with Crippen molar-refractivity contribution in [3.8, 4) is 0 Å². The summed E-state index contributed by atoms with van der Waals surface area (Å²) < 4.78 is 13.0. The Morgan fingerprint density at radius 1 is 1.16 bits per heavy atom. The summed E-state index contributed by atoms with van der Waals surface area (Å²) in [6.07, 6.45) is 0.826. The molecule has 0 unspecified atom stereocenters. The molecule has 126 valence electrons. The number of nitrogens with one attached hydrogen (secondary N) is 1. The number of hydrogen-bond acceptors (Lipinski definition) is 2. The smallest absolute Gasteiger partial charge is 0.259 e. The molecule has 1 N–H and O–H groups in total. The Balaban J connectivity index is 1.37. The van der Waals surface area contributed by atoms with Crippen molar-refractivity contribution in [2.75, 3.05) is 6.54 Å². The molecule has 2 atom stereocenters. The zero-order valence-electron chi connectivity index (χ0n) is 13.5. The Hall–Kier alpha value is -2.95. The maximum Gasteiger partial charge on any atom is 0.259 e. The lowest BCUT2D eigenvalue weighted by Crippen LogP contribution is -2.38. The second-order valence-electron chi connectivity index (χ2n) is 6.45. The van der Waals surface area contributed by atoms with Gasteiger partial charge in [-0.1, -0.05) is 36.9 Å². The van der Waals surface area contributed by atoms with Gasteiger partial charge in [0.05, 0.1) is 0 Å². The average Bonchev–Trinajstić information content (AvgIpc) is 3.33. The number of carbonyl (C=O) groups excluding carboxylic acids is 2. The van der Waals surface area contributed by atoms with Crippen molar-refractivity contribution >= 4 is 17.5 Å². The largest absolute Gasteiger partial charge is 0.351 e. The highest BCUT2D eigenvalue weighted by atomic mass is 19.1. The summed E-state index contributed by atoms with van der Waals surface area (Å²) in [5.41, 5.74) is 2.93. The lowest BCUT2D eigenvalue weighted by Gasteiger charge is -2.17. The van der Waals surface area contributed by atoms with Crippen LogP contribution in [0.15, 0.2) is 55.1 Å². The number of hydrogen-bond donors (Lipinski definition) is 1. The summed E-state index contributed by atoms with van der Waals surface area (Å²) in [5, 5.41) is 2.94. The van der Waals surface area contributed by atoms with Crippen molar-refractivity contribution in [2.45, 2.75) is 18.4 Å². The van der Waals surface area contributed by atoms with E-state index >= 15 is 0 Å². The SMILES string of the molecule is C=C1c2ccccc2C(=O)N1CC(=O)N[C@@H]1C[C@@H]1c1ccc(F)cc1. The van der Waals surface area contributed by atoms with Gasteiger partial charge in [-0.05, 0) is 30.2 Å². The molecular weight excluding hydrogens is 319 g/mol. The molecule has 2 aliphatic rings. The van der Waals surface area contributed by atoms with Gasteiger partial charge in [-0.15, -0.1) is 0 Å². The Morgan fingerprint density at radius 3 is 2.52 bits per heavy atom. The topological polar surface area (TPSA) is 49.4 Å². The molecule has 2 amide bonds. The first kappa shape index (κ1) is 15.6. The maximum absolute atomic E-state index is 13.0. The van der Waals surface area contributed by atoms with Crippen molar-refractivity contribution in [2.24, 2.45) is 0 Å². The molecule has 1 aliphatic carbocycles. The fourth-order valence-electron chi connectivity index (χ4n) is 3.33. The molecule has 1 aliphatic heterocycles. The molecule has 5 heteroatoms. The van der Waals surface area contributed by atoms with E-state index < -0.39 is 0 Å². The first-order valence-electron chi connectivity index (χ1n) is 8.19. The van der Waals surface area contributed by atoms with Gasteiger partial charge in [0, 0.05) is 28.8 Å². The highest BCUT2D eigenvalue weighted by Gasteiger charge is 2.40. The second-order valence-corrected chi connectivity index (χ2v) is 6.45. The van der Waals surface area contributed by atoms with E-state index in [1.54, 1.807) is 24.3 Å². The molecule has 0 aromatic heterocycles. The Morgan fingerprint density at radius 2 is 1.84 bits per heavy atom. The quantitative estimate of drug-likeness (QED) is 0.933. The summed E-state index contributed by atoms with van der Waals surface area (Å²) in [5.74, 6) is -0.464. The van der Waals surface area contributed by atoms with E-state index in [9.17, 15) is 14.0 Å². The third-order valence-corrected chi connectivity index (χ3v) is 4.78. The van der Waals surface area contributed by atoms with Crippen molar-refractivity contribution in [3.05, 3.63) is 77.6 Å². The van der Waals surface area contributed by atoms with Crippen molar-refractivity contribution in [3.63, 3.8) is 0 Å². The van der Waals surface area contributed by atoms with Crippen molar-refractivity contribution < 1.29 is 14.0 Å². The molecule has 0 saturated heterocycles. The minimum atomic E-state index is -0.268. The van der Waals surface area contributed by atoms with E-state index in [2.05, 4.69) is 11.9 Å². The van der Waals surface area contributed by atoms with Crippen LogP contribution in [0.1, 0.15) is 33.8 Å². The minimum Gasteiger partial charge on any atom is -0.351 e. The second kappa shape index (κ2) is 5.84. The lowest BCUT2D eigenvalue weighted by atomic mass is 10.1. The van der Waals surface area contributed by atoms with Gasteiger partial charge < -0.3 is 5.32 Å². The zero-order valence-corrected chi connectivity index (χ0v) is 13.5. The van der Waals surface area contributed by atoms with Gasteiger partial charge in [0.2, 0.25) is 5.91 Å². The van der Waals surface area contributed by atoms with Crippen LogP contribution in [-0.4, -0.2) is 29.3 Å². The van der Waals surface area contributed by atoms with Crippen LogP contribution >= 0.6 is 0 Å². The van der Waals surface area contributed by atoms with Crippen LogP contribution in [0.4, 0.5) is 4.39 Å². The number of fused-ring (bicyclic) bond motifs is 1. The van der Waals surface area contributed by atoms with E-state index in [0.717, 1.165) is 17.5 Å². The van der Waals surface area contributed by atoms with Gasteiger partial charge in [0.15, 0.2) is 0 Å². The van der Waals surface area contributed by atoms with Crippen LogP contribution in [0.25, 0.3) is 5.70 Å². The number of amides is 2. The van der Waals surface area contributed by atoms with Crippen molar-refractivity contribution in [1.29, 1.82) is 0 Å². The summed E-state index contributed by atoms with van der Waals surface area (Å²) in [4.78, 5) is 26.1. The van der Waals surface area contributed by atoms with E-state index in [0.29, 0.717) is 11.3 Å². The fourth-order valence-corrected chi connectivity index (χ4v) is 3.33. The third kappa shape index (κ3) is 2.82. The van der Waals surface area contributed by atoms with Crippen LogP contribution in [0.2, 0.25) is 0 Å². The monoisotopic (exact) mass is 336 g/mol. The number of halogens is 1. The highest BCUT2D eigenvalue weighted by molar-refractivity contribution is 6.10. The molecule has 1 saturated carbocycles. The van der Waals surface area contributed by atoms with Crippen molar-refractivity contribution in [1.82, 2.24) is 10.2 Å². The maximum atomic E-state index is 13.0. The molecule has 0 bridgehead atoms. The number of benzene rings is 2. The lowest BCUT2D eigenvalue weighted by molar-refractivity contribution is -0.121. The summed E-state index contributed by atoms with van der Waals surface area (Å²) in [6.45, 7) is 3.89. The fraction of sp³-hybridized carbons (Fsp3) is 0.200. The summed E-state index contributed by atoms with van der Waals surface area (Å²) >= 11 is 0. The normalized spacial score (nSPS) is 21.2. The van der Waals surface area contributed by atoms with E-state index in [1.165, 1.54) is 17.0 Å². The first-order valence-corrected chi connectivity index (χ1v) is 8.19. The van der Waals surface area contributed by atoms with Gasteiger partial charge >= 0.3 is 0 Å². The average molecular weight is 336 g/mol. The molecule has 1 fully saturated rings. The standard InChI is InChI=1S/C20H17FN2O2/c1-12-15-4-2-3-5-16(15)20(25)23(12)11-19(24)22-18-10-17(18)13-6-8-14(21)9-7-13/h2-9,17-18H,1,10-11H2,(H,22,24)/t17-,18-/m1/s1. The van der Waals surface area contributed by atoms with E-state index in [1.807, 2.05) is 12.1 Å². The number of nitrogens with zero attached hydrogens (tertiary/aromatic N) is 1. The Kier molecular flexibility index (Phi) is 3.64. The van der Waals surface area contributed by atoms with Gasteiger partial charge in [0.25, 0.3) is 5.91 Å². The van der Waals surface area contributed by atoms with Crippen LogP contribution in [0.3, 0.4) is 0 Å². The first-order chi connectivity index (χ1) is 12.0. The van der Waals surface area contributed by atoms with Crippen LogP contribution in [0, 0.1) is 5.82 Å². The van der Waals surface area contributed by atoms with Gasteiger partial charge in [-0.2, -0.15) is 0 Å². The molecule has 0 spiro atoms. The number of carbonyl (C=O) groups is 2. The molecule has 25 heavy (non-hydrogen) atoms. The van der Waals surface area contributed by atoms with Crippen LogP contribution < -0.4 is 5.32 Å². The number of rotatable bonds is 4. The highest BCUT2D eigenvalue weighted by Crippen LogP contribution is 2.40. The van der Waals surface area contributed by atoms with Gasteiger partial charge in [-0.25, -0.2) is 4.39 Å². The van der Waals surface area contributed by atoms with Gasteiger partial charge in [0.1, 0.15) is 12.4 Å². The van der Waals surface area contributed by atoms with Crippen LogP contribution in [-0.2, 0) is 4.79 Å². The summed E-state index contributed by atoms with van der Waals surface area (Å²) in [6, 6.07) is 13.6. The van der Waals surface area contributed by atoms with E-state index in [-0.39, 0.29) is 36.1 Å². The molecule has 2 aromatic rings. The van der Waals surface area contributed by atoms with Gasteiger partial charge in [-0.3, -0.25) is 14.5 Å². The predicted molar refractivity (Wildman–Crippen MR) is 92.2 cm³/mol. The Bertz CT molecular complexity index is 841. The molecule has 2 aromatic carbocycles. The summed E-state index contributed by atoms with van der Waals surface area (Å²) in [7, 11) is 0. The van der Waals surface area contributed by atoms with E-state index in [4.69, 9.17) is 0 Å². The molecule has 4 rings (SSSR count). The minimum absolute atomic E-state index is 0.0336. The zero-order chi connectivity index (χ0) is 17.6. The molecular formula is C20H17FN2O2. The third-order valence-electron chi connectivity index (χ3n) is 4.78. The van der Waals surface area contributed by atoms with Crippen LogP contribution in [0.5, 0.6) is 0 Å². The molecule has 1 heterocycles. The Labute approximate surface area is 145 Å². The molecule has 4 nitrogen and oxygen atoms in total. The molecule has 0 radical (unpaired) electrons. The predicted octanol–water partition coefficient (Wildman–Crippen LogP) is 2.92.